The minimum absolute atomic E-state index is 0.0339. The molecule has 0 saturated heterocycles. The van der Waals surface area contributed by atoms with Crippen LogP contribution >= 0.6 is 0 Å². The zero-order valence-electron chi connectivity index (χ0n) is 17.5. The van der Waals surface area contributed by atoms with Crippen LogP contribution in [0.2, 0.25) is 0 Å². The van der Waals surface area contributed by atoms with E-state index in [1.807, 2.05) is 24.3 Å². The number of amides is 1. The molecule has 166 valence electrons. The lowest BCUT2D eigenvalue weighted by Crippen LogP contribution is -2.21. The molecule has 0 atom stereocenters. The molecule has 4 aromatic rings. The summed E-state index contributed by atoms with van der Waals surface area (Å²) in [4.78, 5) is 43.2. The van der Waals surface area contributed by atoms with Gasteiger partial charge >= 0.3 is 11.9 Å². The molecular formula is C24H19N3O6. The number of benzene rings is 3. The second-order valence-electron chi connectivity index (χ2n) is 7.06. The fourth-order valence-corrected chi connectivity index (χ4v) is 3.16. The predicted octanol–water partition coefficient (Wildman–Crippen LogP) is 3.73. The van der Waals surface area contributed by atoms with Gasteiger partial charge in [0.15, 0.2) is 6.61 Å². The second-order valence-corrected chi connectivity index (χ2v) is 7.06. The number of carbonyl (C=O) groups excluding carboxylic acids is 2. The molecule has 1 aromatic heterocycles. The van der Waals surface area contributed by atoms with Crippen molar-refractivity contribution in [3.05, 3.63) is 77.9 Å². The van der Waals surface area contributed by atoms with E-state index in [0.717, 1.165) is 11.3 Å². The summed E-state index contributed by atoms with van der Waals surface area (Å²) in [6.45, 7) is -0.520. The maximum Gasteiger partial charge on any atom is 0.338 e. The minimum atomic E-state index is -1.11. The predicted molar refractivity (Wildman–Crippen MR) is 120 cm³/mol. The highest BCUT2D eigenvalue weighted by molar-refractivity contribution is 5.98. The smallest absolute Gasteiger partial charge is 0.338 e. The zero-order valence-corrected chi connectivity index (χ0v) is 17.5. The Hall–Kier alpha value is -4.66. The number of imidazole rings is 1. The third-order valence-electron chi connectivity index (χ3n) is 4.81. The highest BCUT2D eigenvalue weighted by Gasteiger charge is 2.14. The minimum Gasteiger partial charge on any atom is -0.497 e. The molecular weight excluding hydrogens is 426 g/mol. The van der Waals surface area contributed by atoms with E-state index in [9.17, 15) is 14.4 Å². The molecule has 0 radical (unpaired) electrons. The molecule has 3 N–H and O–H groups in total. The molecule has 4 rings (SSSR count). The number of anilines is 1. The summed E-state index contributed by atoms with van der Waals surface area (Å²) in [7, 11) is 1.59. The quantitative estimate of drug-likeness (QED) is 0.369. The molecule has 33 heavy (non-hydrogen) atoms. The Labute approximate surface area is 188 Å². The lowest BCUT2D eigenvalue weighted by molar-refractivity contribution is -0.119. The zero-order chi connectivity index (χ0) is 23.4. The van der Waals surface area contributed by atoms with E-state index < -0.39 is 24.5 Å². The van der Waals surface area contributed by atoms with E-state index in [1.165, 1.54) is 18.2 Å². The van der Waals surface area contributed by atoms with Crippen molar-refractivity contribution in [1.29, 1.82) is 0 Å². The van der Waals surface area contributed by atoms with Crippen LogP contribution in [0.25, 0.3) is 22.4 Å². The van der Waals surface area contributed by atoms with Crippen LogP contribution in [0, 0.1) is 0 Å². The van der Waals surface area contributed by atoms with Gasteiger partial charge in [-0.25, -0.2) is 14.6 Å². The van der Waals surface area contributed by atoms with Gasteiger partial charge in [-0.2, -0.15) is 0 Å². The number of rotatable bonds is 7. The molecule has 3 aromatic carbocycles. The van der Waals surface area contributed by atoms with Gasteiger partial charge in [0.25, 0.3) is 5.91 Å². The Morgan fingerprint density at radius 2 is 1.79 bits per heavy atom. The van der Waals surface area contributed by atoms with E-state index in [0.29, 0.717) is 22.5 Å². The standard InChI is InChI=1S/C24H19N3O6/c1-32-18-8-5-14(6-9-18)22-26-19-10-7-16(12-20(19)27-22)24(31)33-13-21(28)25-17-4-2-3-15(11-17)23(29)30/h2-12H,13H2,1H3,(H,25,28)(H,26,27)(H,29,30). The highest BCUT2D eigenvalue weighted by Crippen LogP contribution is 2.23. The molecule has 0 spiro atoms. The number of hydrogen-bond acceptors (Lipinski definition) is 6. The number of hydrogen-bond donors (Lipinski definition) is 3. The van der Waals surface area contributed by atoms with E-state index >= 15 is 0 Å². The van der Waals surface area contributed by atoms with Gasteiger partial charge in [-0.15, -0.1) is 0 Å². The van der Waals surface area contributed by atoms with Crippen molar-refractivity contribution in [1.82, 2.24) is 9.97 Å². The van der Waals surface area contributed by atoms with Crippen LogP contribution in [-0.2, 0) is 9.53 Å². The number of H-pyrrole nitrogens is 1. The van der Waals surface area contributed by atoms with E-state index in [1.54, 1.807) is 31.4 Å². The van der Waals surface area contributed by atoms with Crippen LogP contribution in [0.15, 0.2) is 66.7 Å². The number of nitrogens with zero attached hydrogens (tertiary/aromatic N) is 1. The number of carboxylic acid groups (broad SMARTS) is 1. The largest absolute Gasteiger partial charge is 0.497 e. The Bertz CT molecular complexity index is 1340. The Morgan fingerprint density at radius 3 is 2.52 bits per heavy atom. The van der Waals surface area contributed by atoms with E-state index in [2.05, 4.69) is 15.3 Å². The van der Waals surface area contributed by atoms with Crippen LogP contribution in [0.5, 0.6) is 5.75 Å². The molecule has 0 aliphatic carbocycles. The Morgan fingerprint density at radius 1 is 1.00 bits per heavy atom. The number of methoxy groups -OCH3 is 1. The fourth-order valence-electron chi connectivity index (χ4n) is 3.16. The normalized spacial score (nSPS) is 10.6. The molecule has 0 saturated carbocycles. The summed E-state index contributed by atoms with van der Waals surface area (Å²) < 4.78 is 10.2. The van der Waals surface area contributed by atoms with Crippen molar-refractivity contribution < 1.29 is 29.0 Å². The lowest BCUT2D eigenvalue weighted by Gasteiger charge is -2.07. The maximum atomic E-state index is 12.4. The van der Waals surface area contributed by atoms with Gasteiger partial charge in [-0.05, 0) is 60.7 Å². The first-order valence-electron chi connectivity index (χ1n) is 9.87. The van der Waals surface area contributed by atoms with Gasteiger partial charge in [0.1, 0.15) is 11.6 Å². The number of carbonyl (C=O) groups is 3. The topological polar surface area (TPSA) is 131 Å². The fraction of sp³-hybridized carbons (Fsp3) is 0.0833. The summed E-state index contributed by atoms with van der Waals surface area (Å²) in [5.41, 5.74) is 2.76. The first-order chi connectivity index (χ1) is 15.9. The molecule has 1 amide bonds. The van der Waals surface area contributed by atoms with Crippen molar-refractivity contribution in [2.75, 3.05) is 19.0 Å². The average Bonchev–Trinajstić information content (AvgIpc) is 3.26. The van der Waals surface area contributed by atoms with Crippen LogP contribution in [0.1, 0.15) is 20.7 Å². The lowest BCUT2D eigenvalue weighted by atomic mass is 10.2. The van der Waals surface area contributed by atoms with Crippen LogP contribution in [-0.4, -0.2) is 46.6 Å². The number of ether oxygens (including phenoxy) is 2. The van der Waals surface area contributed by atoms with Gasteiger partial charge in [0.05, 0.1) is 29.3 Å². The van der Waals surface area contributed by atoms with Gasteiger partial charge in [-0.3, -0.25) is 4.79 Å². The third-order valence-corrected chi connectivity index (χ3v) is 4.81. The van der Waals surface area contributed by atoms with Crippen LogP contribution in [0.3, 0.4) is 0 Å². The van der Waals surface area contributed by atoms with Crippen molar-refractivity contribution in [3.63, 3.8) is 0 Å². The van der Waals surface area contributed by atoms with Gasteiger partial charge in [-0.1, -0.05) is 6.07 Å². The number of aromatic carboxylic acids is 1. The van der Waals surface area contributed by atoms with Crippen molar-refractivity contribution in [2.45, 2.75) is 0 Å². The summed E-state index contributed by atoms with van der Waals surface area (Å²) >= 11 is 0. The van der Waals surface area contributed by atoms with E-state index in [4.69, 9.17) is 14.6 Å². The molecule has 1 heterocycles. The summed E-state index contributed by atoms with van der Waals surface area (Å²) in [5.74, 6) is -0.997. The molecule has 9 heteroatoms. The third kappa shape index (κ3) is 4.99. The molecule has 0 unspecified atom stereocenters. The average molecular weight is 445 g/mol. The summed E-state index contributed by atoms with van der Waals surface area (Å²) in [6, 6.07) is 18.0. The van der Waals surface area contributed by atoms with Gasteiger partial charge in [0, 0.05) is 11.3 Å². The first-order valence-corrected chi connectivity index (χ1v) is 9.87. The highest BCUT2D eigenvalue weighted by atomic mass is 16.5. The van der Waals surface area contributed by atoms with Crippen molar-refractivity contribution in [3.8, 4) is 17.1 Å². The number of nitrogens with one attached hydrogen (secondary N) is 2. The molecule has 0 bridgehead atoms. The van der Waals surface area contributed by atoms with Crippen molar-refractivity contribution in [2.24, 2.45) is 0 Å². The Balaban J connectivity index is 1.41. The SMILES string of the molecule is COc1ccc(-c2nc3ccc(C(=O)OCC(=O)Nc4cccc(C(=O)O)c4)cc3[nH]2)cc1. The number of carboxylic acids is 1. The molecule has 0 fully saturated rings. The van der Waals surface area contributed by atoms with E-state index in [-0.39, 0.29) is 11.1 Å². The monoisotopic (exact) mass is 445 g/mol. The maximum absolute atomic E-state index is 12.4. The summed E-state index contributed by atoms with van der Waals surface area (Å²) in [6.07, 6.45) is 0. The van der Waals surface area contributed by atoms with Gasteiger partial charge in [0.2, 0.25) is 0 Å². The summed E-state index contributed by atoms with van der Waals surface area (Å²) in [5, 5.41) is 11.5. The number of aromatic amines is 1. The first kappa shape index (κ1) is 21.6. The molecule has 0 aliphatic heterocycles. The number of fused-ring (bicyclic) bond motifs is 1. The van der Waals surface area contributed by atoms with Crippen LogP contribution < -0.4 is 10.1 Å². The number of aromatic nitrogens is 2. The molecule has 0 aliphatic rings. The number of esters is 1. The van der Waals surface area contributed by atoms with Crippen molar-refractivity contribution >= 4 is 34.6 Å². The van der Waals surface area contributed by atoms with Crippen LogP contribution in [0.4, 0.5) is 5.69 Å². The van der Waals surface area contributed by atoms with Gasteiger partial charge < -0.3 is 24.9 Å². The Kier molecular flexibility index (Phi) is 6.03. The molecule has 9 nitrogen and oxygen atoms in total. The second kappa shape index (κ2) is 9.23.